The van der Waals surface area contributed by atoms with Crippen molar-refractivity contribution in [1.29, 1.82) is 0 Å². The molecule has 4 rings (SSSR count). The molecule has 2 N–H and O–H groups in total. The number of rotatable bonds is 4. The summed E-state index contributed by atoms with van der Waals surface area (Å²) in [6, 6.07) is 5.42. The van der Waals surface area contributed by atoms with Gasteiger partial charge in [-0.25, -0.2) is 0 Å². The van der Waals surface area contributed by atoms with E-state index in [1.807, 2.05) is 6.07 Å². The summed E-state index contributed by atoms with van der Waals surface area (Å²) >= 11 is 18.0. The molecule has 1 unspecified atom stereocenters. The van der Waals surface area contributed by atoms with E-state index < -0.39 is 0 Å². The van der Waals surface area contributed by atoms with Crippen molar-refractivity contribution >= 4 is 35.4 Å². The maximum absolute atomic E-state index is 12.8. The van der Waals surface area contributed by atoms with Gasteiger partial charge in [0, 0.05) is 27.7 Å². The highest BCUT2D eigenvalue weighted by atomic mass is 35.5. The first kappa shape index (κ1) is 20.6. The Morgan fingerprint density at radius 1 is 1.00 bits per heavy atom. The smallest absolute Gasteiger partial charge is 0.255 e. The van der Waals surface area contributed by atoms with Gasteiger partial charge in [0.25, 0.3) is 5.56 Å². The van der Waals surface area contributed by atoms with Crippen molar-refractivity contribution in [1.82, 2.24) is 9.97 Å². The van der Waals surface area contributed by atoms with Gasteiger partial charge in [-0.1, -0.05) is 53.6 Å². The molecule has 152 valence electrons. The zero-order valence-electron chi connectivity index (χ0n) is 16.1. The Kier molecular flexibility index (Phi) is 6.43. The number of aromatic nitrogens is 2. The maximum atomic E-state index is 12.8. The fourth-order valence-electron chi connectivity index (χ4n) is 4.72. The minimum absolute atomic E-state index is 0.151. The van der Waals surface area contributed by atoms with Gasteiger partial charge in [0.05, 0.1) is 0 Å². The summed E-state index contributed by atoms with van der Waals surface area (Å²) in [4.78, 5) is 18.8. The van der Waals surface area contributed by atoms with Crippen molar-refractivity contribution < 1.29 is 0 Å². The Hall–Kier alpha value is -1.62. The van der Waals surface area contributed by atoms with Crippen LogP contribution in [0.3, 0.4) is 0 Å². The molecule has 1 fully saturated rings. The molecule has 2 aromatic rings. The van der Waals surface area contributed by atoms with E-state index >= 15 is 0 Å². The van der Waals surface area contributed by atoms with Crippen LogP contribution in [0, 0.1) is 16.6 Å². The molecule has 1 heterocycles. The molecule has 1 atom stereocenters. The molecular formula is C23H24Cl2N2OS. The number of allylic oxidation sites excluding steroid dienone is 4. The van der Waals surface area contributed by atoms with E-state index in [-0.39, 0.29) is 5.56 Å². The first-order chi connectivity index (χ1) is 14.0. The molecule has 0 aliphatic heterocycles. The van der Waals surface area contributed by atoms with Crippen molar-refractivity contribution in [2.75, 3.05) is 0 Å². The van der Waals surface area contributed by atoms with Crippen molar-refractivity contribution in [3.8, 4) is 0 Å². The van der Waals surface area contributed by atoms with Crippen molar-refractivity contribution in [2.24, 2.45) is 11.8 Å². The molecule has 1 aromatic heterocycles. The predicted octanol–water partition coefficient (Wildman–Crippen LogP) is 6.74. The van der Waals surface area contributed by atoms with Gasteiger partial charge in [-0.3, -0.25) is 9.78 Å². The third-order valence-electron chi connectivity index (χ3n) is 6.29. The number of halogens is 2. The van der Waals surface area contributed by atoms with Crippen LogP contribution in [0.1, 0.15) is 54.8 Å². The first-order valence-electron chi connectivity index (χ1n) is 10.1. The molecule has 0 saturated heterocycles. The first-order valence-corrected chi connectivity index (χ1v) is 11.3. The summed E-state index contributed by atoms with van der Waals surface area (Å²) in [5, 5.41) is 1.15. The molecule has 0 radical (unpaired) electrons. The van der Waals surface area contributed by atoms with Crippen LogP contribution in [0.2, 0.25) is 10.0 Å². The molecule has 2 aliphatic rings. The van der Waals surface area contributed by atoms with E-state index in [4.69, 9.17) is 35.4 Å². The molecule has 6 heteroatoms. The van der Waals surface area contributed by atoms with Crippen LogP contribution < -0.4 is 5.56 Å². The average Bonchev–Trinajstić information content (AvgIpc) is 2.72. The van der Waals surface area contributed by atoms with Gasteiger partial charge in [0.15, 0.2) is 4.77 Å². The van der Waals surface area contributed by atoms with Crippen molar-refractivity contribution in [2.45, 2.75) is 44.4 Å². The van der Waals surface area contributed by atoms with Gasteiger partial charge < -0.3 is 4.98 Å². The fraction of sp³-hybridized carbons (Fsp3) is 0.391. The van der Waals surface area contributed by atoms with Crippen LogP contribution in [-0.4, -0.2) is 9.97 Å². The van der Waals surface area contributed by atoms with Crippen LogP contribution in [0.25, 0.3) is 0 Å². The molecule has 0 amide bonds. The lowest BCUT2D eigenvalue weighted by atomic mass is 9.72. The van der Waals surface area contributed by atoms with Gasteiger partial charge in [-0.2, -0.15) is 0 Å². The second-order valence-corrected chi connectivity index (χ2v) is 9.22. The second kappa shape index (κ2) is 9.03. The van der Waals surface area contributed by atoms with E-state index in [9.17, 15) is 4.79 Å². The minimum atomic E-state index is -0.151. The monoisotopic (exact) mass is 446 g/mol. The number of hydrogen-bond donors (Lipinski definition) is 2. The van der Waals surface area contributed by atoms with E-state index in [1.54, 1.807) is 12.1 Å². The van der Waals surface area contributed by atoms with Crippen molar-refractivity contribution in [3.63, 3.8) is 0 Å². The molecule has 0 spiro atoms. The van der Waals surface area contributed by atoms with E-state index in [0.717, 1.165) is 43.4 Å². The number of H-pyrrole nitrogens is 2. The van der Waals surface area contributed by atoms with Gasteiger partial charge in [-0.05, 0) is 79.8 Å². The third kappa shape index (κ3) is 4.60. The molecule has 1 saturated carbocycles. The highest BCUT2D eigenvalue weighted by molar-refractivity contribution is 7.71. The number of aromatic amines is 2. The molecule has 3 nitrogen and oxygen atoms in total. The molecule has 29 heavy (non-hydrogen) atoms. The molecule has 1 aromatic carbocycles. The normalized spacial score (nSPS) is 24.0. The topological polar surface area (TPSA) is 48.6 Å². The third-order valence-corrected chi connectivity index (χ3v) is 7.20. The summed E-state index contributed by atoms with van der Waals surface area (Å²) in [5.41, 5.74) is 2.27. The van der Waals surface area contributed by atoms with E-state index in [0.29, 0.717) is 44.6 Å². The molecule has 0 bridgehead atoms. The van der Waals surface area contributed by atoms with Gasteiger partial charge >= 0.3 is 0 Å². The number of benzene rings is 1. The van der Waals surface area contributed by atoms with Crippen molar-refractivity contribution in [3.05, 3.63) is 84.5 Å². The van der Waals surface area contributed by atoms with Crippen LogP contribution in [0.4, 0.5) is 0 Å². The van der Waals surface area contributed by atoms with E-state index in [1.165, 1.54) is 0 Å². The van der Waals surface area contributed by atoms with Gasteiger partial charge in [0.2, 0.25) is 0 Å². The summed E-state index contributed by atoms with van der Waals surface area (Å²) < 4.78 is 0.376. The lowest BCUT2D eigenvalue weighted by molar-refractivity contribution is 0.262. The lowest BCUT2D eigenvalue weighted by Gasteiger charge is -2.33. The van der Waals surface area contributed by atoms with Crippen LogP contribution in [0.5, 0.6) is 0 Å². The maximum Gasteiger partial charge on any atom is 0.255 e. The zero-order valence-corrected chi connectivity index (χ0v) is 18.4. The van der Waals surface area contributed by atoms with Gasteiger partial charge in [-0.15, -0.1) is 0 Å². The quantitative estimate of drug-likeness (QED) is 0.510. The predicted molar refractivity (Wildman–Crippen MR) is 123 cm³/mol. The number of hydrogen-bond acceptors (Lipinski definition) is 2. The highest BCUT2D eigenvalue weighted by Crippen LogP contribution is 2.41. The Morgan fingerprint density at radius 3 is 2.38 bits per heavy atom. The Balaban J connectivity index is 1.59. The van der Waals surface area contributed by atoms with Gasteiger partial charge in [0.1, 0.15) is 0 Å². The average molecular weight is 447 g/mol. The standard InChI is InChI=1S/C23H24Cl2N2OS/c24-19-7-4-8-20(25)17(19)13-18-21(26-23(29)27-22(18)28)16-11-9-15(10-12-16)14-5-2-1-3-6-14/h1-5,7-8,14-16H,6,9-13H2,(H2,26,27,28,29)/t14?,15-,16-. The Labute approximate surface area is 185 Å². The largest absolute Gasteiger partial charge is 0.335 e. The SMILES string of the molecule is O=c1[nH]c(=S)[nH]c([C@H]2CC[C@H](C3C=CC=CC3)CC2)c1Cc1c(Cl)cccc1Cl. The summed E-state index contributed by atoms with van der Waals surface area (Å²) in [6.07, 6.45) is 14.9. The summed E-state index contributed by atoms with van der Waals surface area (Å²) in [7, 11) is 0. The van der Waals surface area contributed by atoms with Crippen LogP contribution in [0.15, 0.2) is 47.3 Å². The summed E-state index contributed by atoms with van der Waals surface area (Å²) in [6.45, 7) is 0. The Bertz CT molecular complexity index is 1040. The minimum Gasteiger partial charge on any atom is -0.335 e. The Morgan fingerprint density at radius 2 is 1.72 bits per heavy atom. The zero-order chi connectivity index (χ0) is 20.4. The summed E-state index contributed by atoms with van der Waals surface area (Å²) in [5.74, 6) is 1.65. The van der Waals surface area contributed by atoms with Crippen LogP contribution in [-0.2, 0) is 6.42 Å². The lowest BCUT2D eigenvalue weighted by Crippen LogP contribution is -2.25. The molecular weight excluding hydrogens is 423 g/mol. The fourth-order valence-corrected chi connectivity index (χ4v) is 5.45. The van der Waals surface area contributed by atoms with E-state index in [2.05, 4.69) is 34.3 Å². The second-order valence-electron chi connectivity index (χ2n) is 8.00. The number of nitrogens with one attached hydrogen (secondary N) is 2. The molecule has 2 aliphatic carbocycles. The highest BCUT2D eigenvalue weighted by Gasteiger charge is 2.29. The van der Waals surface area contributed by atoms with Crippen LogP contribution >= 0.6 is 35.4 Å².